The first-order valence-corrected chi connectivity index (χ1v) is 8.13. The molecule has 0 aromatic carbocycles. The van der Waals surface area contributed by atoms with Crippen LogP contribution in [0.1, 0.15) is 26.2 Å². The predicted molar refractivity (Wildman–Crippen MR) is 81.9 cm³/mol. The van der Waals surface area contributed by atoms with Crippen molar-refractivity contribution in [2.24, 2.45) is 0 Å². The Labute approximate surface area is 129 Å². The maximum absolute atomic E-state index is 11.8. The van der Waals surface area contributed by atoms with Gasteiger partial charge in [-0.25, -0.2) is 0 Å². The highest BCUT2D eigenvalue weighted by atomic mass is 32.2. The molecule has 0 rings (SSSR count). The maximum Gasteiger partial charge on any atom is 0.229 e. The van der Waals surface area contributed by atoms with Crippen molar-refractivity contribution in [3.63, 3.8) is 0 Å². The van der Waals surface area contributed by atoms with E-state index in [1.807, 2.05) is 0 Å². The van der Waals surface area contributed by atoms with Crippen LogP contribution in [0.15, 0.2) is 0 Å². The highest BCUT2D eigenvalue weighted by molar-refractivity contribution is 7.99. The number of thioether (sulfide) groups is 1. The molecular weight excluding hydrogens is 297 g/mol. The lowest BCUT2D eigenvalue weighted by Crippen LogP contribution is -2.33. The molecule has 0 aromatic heterocycles. The molecule has 0 aromatic rings. The normalized spacial score (nSPS) is 10.0. The third kappa shape index (κ3) is 14.9. The molecule has 21 heavy (non-hydrogen) atoms. The Morgan fingerprint density at radius 2 is 1.62 bits per heavy atom. The lowest BCUT2D eigenvalue weighted by molar-refractivity contribution is -0.121. The van der Waals surface area contributed by atoms with Crippen LogP contribution in [0.3, 0.4) is 0 Å². The molecule has 122 valence electrons. The smallest absolute Gasteiger partial charge is 0.229 e. The Balaban J connectivity index is 3.38. The third-order valence-corrected chi connectivity index (χ3v) is 3.37. The molecule has 6 nitrogen and oxygen atoms in total. The van der Waals surface area contributed by atoms with E-state index in [2.05, 4.69) is 16.0 Å². The zero-order chi connectivity index (χ0) is 15.9. The van der Waals surface area contributed by atoms with Crippen molar-refractivity contribution in [1.29, 1.82) is 0 Å². The summed E-state index contributed by atoms with van der Waals surface area (Å²) < 4.78 is 11.8. The minimum atomic E-state index is -0.359. The van der Waals surface area contributed by atoms with Gasteiger partial charge in [0, 0.05) is 38.7 Å². The zero-order valence-corrected chi connectivity index (χ0v) is 13.2. The number of nitrogens with one attached hydrogen (secondary N) is 3. The van der Waals surface area contributed by atoms with Gasteiger partial charge in [-0.2, -0.15) is 11.8 Å². The number of rotatable bonds is 12. The monoisotopic (exact) mass is 321 g/mol. The van der Waals surface area contributed by atoms with Crippen molar-refractivity contribution in [2.45, 2.75) is 26.2 Å². The van der Waals surface area contributed by atoms with E-state index in [1.165, 1.54) is 18.7 Å². The molecule has 3 amide bonds. The van der Waals surface area contributed by atoms with Crippen molar-refractivity contribution in [3.05, 3.63) is 0 Å². The van der Waals surface area contributed by atoms with Crippen LogP contribution in [0.4, 0.5) is 4.39 Å². The van der Waals surface area contributed by atoms with E-state index in [1.54, 1.807) is 0 Å². The van der Waals surface area contributed by atoms with E-state index in [9.17, 15) is 18.8 Å². The molecule has 0 atom stereocenters. The van der Waals surface area contributed by atoms with E-state index in [0.717, 1.165) is 0 Å². The number of carbonyl (C=O) groups excluding carboxylic acids is 3. The van der Waals surface area contributed by atoms with Crippen molar-refractivity contribution in [2.75, 3.05) is 37.8 Å². The molecule has 0 bridgehead atoms. The fourth-order valence-corrected chi connectivity index (χ4v) is 2.12. The number of unbranched alkanes of at least 4 members (excludes halogenated alkanes) is 1. The molecule has 0 saturated carbocycles. The van der Waals surface area contributed by atoms with Crippen molar-refractivity contribution >= 4 is 29.5 Å². The average Bonchev–Trinajstić information content (AvgIpc) is 2.44. The maximum atomic E-state index is 11.8. The van der Waals surface area contributed by atoms with Crippen LogP contribution in [0.2, 0.25) is 0 Å². The van der Waals surface area contributed by atoms with Gasteiger partial charge in [-0.05, 0) is 12.8 Å². The van der Waals surface area contributed by atoms with Gasteiger partial charge in [0.25, 0.3) is 0 Å². The number of amides is 3. The molecule has 0 saturated heterocycles. The van der Waals surface area contributed by atoms with Crippen LogP contribution in [-0.2, 0) is 14.4 Å². The quantitative estimate of drug-likeness (QED) is 0.449. The number of halogens is 1. The Morgan fingerprint density at radius 1 is 0.952 bits per heavy atom. The standard InChI is InChI=1S/C13H24FN3O3S/c1-11(18)15-7-8-17-12(19)4-9-21-10-13(20)16-6-3-2-5-14/h2-10H2,1H3,(H,15,18)(H,16,20)(H,17,19). The lowest BCUT2D eigenvalue weighted by Gasteiger charge is -2.06. The van der Waals surface area contributed by atoms with Crippen LogP contribution in [-0.4, -0.2) is 55.5 Å². The van der Waals surface area contributed by atoms with Gasteiger partial charge in [0.05, 0.1) is 12.4 Å². The van der Waals surface area contributed by atoms with Crippen molar-refractivity contribution in [3.8, 4) is 0 Å². The SMILES string of the molecule is CC(=O)NCCNC(=O)CCSCC(=O)NCCCCF. The summed E-state index contributed by atoms with van der Waals surface area (Å²) in [5.41, 5.74) is 0. The van der Waals surface area contributed by atoms with Gasteiger partial charge in [0.1, 0.15) is 0 Å². The summed E-state index contributed by atoms with van der Waals surface area (Å²) in [5.74, 6) is 0.539. The van der Waals surface area contributed by atoms with E-state index in [4.69, 9.17) is 0 Å². The minimum Gasteiger partial charge on any atom is -0.355 e. The van der Waals surface area contributed by atoms with Gasteiger partial charge in [0.15, 0.2) is 0 Å². The molecular formula is C13H24FN3O3S. The molecule has 0 unspecified atom stereocenters. The van der Waals surface area contributed by atoms with E-state index < -0.39 is 0 Å². The van der Waals surface area contributed by atoms with Gasteiger partial charge in [-0.3, -0.25) is 18.8 Å². The molecule has 0 heterocycles. The highest BCUT2D eigenvalue weighted by Gasteiger charge is 2.04. The first-order valence-electron chi connectivity index (χ1n) is 6.97. The summed E-state index contributed by atoms with van der Waals surface area (Å²) in [6, 6.07) is 0. The van der Waals surface area contributed by atoms with Crippen LogP contribution in [0, 0.1) is 0 Å². The fourth-order valence-electron chi connectivity index (χ4n) is 1.36. The summed E-state index contributed by atoms with van der Waals surface area (Å²) in [5, 5.41) is 7.94. The number of hydrogen-bond acceptors (Lipinski definition) is 4. The van der Waals surface area contributed by atoms with Crippen molar-refractivity contribution < 1.29 is 18.8 Å². The topological polar surface area (TPSA) is 87.3 Å². The van der Waals surface area contributed by atoms with Gasteiger partial charge in [-0.15, -0.1) is 0 Å². The van der Waals surface area contributed by atoms with Crippen LogP contribution >= 0.6 is 11.8 Å². The van der Waals surface area contributed by atoms with Crippen LogP contribution < -0.4 is 16.0 Å². The second kappa shape index (κ2) is 13.7. The number of carbonyl (C=O) groups is 3. The summed E-state index contributed by atoms with van der Waals surface area (Å²) >= 11 is 1.38. The third-order valence-electron chi connectivity index (χ3n) is 2.41. The molecule has 0 aliphatic rings. The summed E-state index contributed by atoms with van der Waals surface area (Å²) in [6.07, 6.45) is 1.44. The van der Waals surface area contributed by atoms with E-state index in [0.29, 0.717) is 50.4 Å². The number of hydrogen-bond donors (Lipinski definition) is 3. The van der Waals surface area contributed by atoms with E-state index in [-0.39, 0.29) is 24.4 Å². The largest absolute Gasteiger partial charge is 0.355 e. The summed E-state index contributed by atoms with van der Waals surface area (Å²) in [7, 11) is 0. The number of alkyl halides is 1. The Bertz CT molecular complexity index is 330. The summed E-state index contributed by atoms with van der Waals surface area (Å²) in [4.78, 5) is 33.4. The van der Waals surface area contributed by atoms with Gasteiger partial charge in [-0.1, -0.05) is 0 Å². The van der Waals surface area contributed by atoms with Crippen molar-refractivity contribution in [1.82, 2.24) is 16.0 Å². The highest BCUT2D eigenvalue weighted by Crippen LogP contribution is 2.01. The first-order chi connectivity index (χ1) is 10.1. The van der Waals surface area contributed by atoms with E-state index >= 15 is 0 Å². The zero-order valence-electron chi connectivity index (χ0n) is 12.4. The molecule has 0 fully saturated rings. The van der Waals surface area contributed by atoms with Gasteiger partial charge < -0.3 is 16.0 Å². The second-order valence-corrected chi connectivity index (χ2v) is 5.49. The summed E-state index contributed by atoms with van der Waals surface area (Å²) in [6.45, 7) is 2.36. The first kappa shape index (κ1) is 19.7. The second-order valence-electron chi connectivity index (χ2n) is 4.38. The molecule has 0 spiro atoms. The molecule has 8 heteroatoms. The molecule has 0 radical (unpaired) electrons. The molecule has 0 aliphatic heterocycles. The minimum absolute atomic E-state index is 0.0927. The lowest BCUT2D eigenvalue weighted by atomic mass is 10.3. The average molecular weight is 321 g/mol. The molecule has 0 aliphatic carbocycles. The van der Waals surface area contributed by atoms with Gasteiger partial charge >= 0.3 is 0 Å². The fraction of sp³-hybridized carbons (Fsp3) is 0.769. The van der Waals surface area contributed by atoms with Crippen LogP contribution in [0.5, 0.6) is 0 Å². The Morgan fingerprint density at radius 3 is 2.29 bits per heavy atom. The Hall–Kier alpha value is -1.31. The Kier molecular flexibility index (Phi) is 12.8. The predicted octanol–water partition coefficient (Wildman–Crippen LogP) is 0.228. The molecule has 3 N–H and O–H groups in total. The van der Waals surface area contributed by atoms with Crippen LogP contribution in [0.25, 0.3) is 0 Å². The van der Waals surface area contributed by atoms with Gasteiger partial charge in [0.2, 0.25) is 17.7 Å².